The lowest BCUT2D eigenvalue weighted by molar-refractivity contribution is 0.277. The van der Waals surface area contributed by atoms with Crippen LogP contribution in [0.2, 0.25) is 0 Å². The largest absolute Gasteiger partial charge is 0.497 e. The lowest BCUT2D eigenvalue weighted by Crippen LogP contribution is -2.03. The average Bonchev–Trinajstić information content (AvgIpc) is 2.90. The van der Waals surface area contributed by atoms with Gasteiger partial charge < -0.3 is 9.84 Å². The number of methoxy groups -OCH3 is 1. The molecule has 0 atom stereocenters. The van der Waals surface area contributed by atoms with Crippen LogP contribution in [0.25, 0.3) is 11.3 Å². The van der Waals surface area contributed by atoms with Crippen LogP contribution in [0.1, 0.15) is 31.9 Å². The molecule has 20 heavy (non-hydrogen) atoms. The molecular weight excluding hydrogens is 254 g/mol. The van der Waals surface area contributed by atoms with Gasteiger partial charge in [0.2, 0.25) is 0 Å². The normalized spacial score (nSPS) is 10.8. The molecule has 1 aromatic carbocycles. The summed E-state index contributed by atoms with van der Waals surface area (Å²) in [6, 6.07) is 7.74. The predicted molar refractivity (Wildman–Crippen MR) is 77.5 cm³/mol. The third-order valence-corrected chi connectivity index (χ3v) is 3.29. The Balaban J connectivity index is 2.29. The quantitative estimate of drug-likeness (QED) is 0.789. The van der Waals surface area contributed by atoms with E-state index in [0.717, 1.165) is 36.4 Å². The van der Waals surface area contributed by atoms with Gasteiger partial charge in [0.25, 0.3) is 0 Å². The van der Waals surface area contributed by atoms with Crippen molar-refractivity contribution in [3.63, 3.8) is 0 Å². The van der Waals surface area contributed by atoms with Gasteiger partial charge in [-0.25, -0.2) is 4.68 Å². The summed E-state index contributed by atoms with van der Waals surface area (Å²) in [4.78, 5) is 0. The van der Waals surface area contributed by atoms with Crippen molar-refractivity contribution in [3.05, 3.63) is 30.0 Å². The fourth-order valence-electron chi connectivity index (χ4n) is 2.19. The molecule has 2 aromatic rings. The smallest absolute Gasteiger partial charge is 0.118 e. The molecule has 0 saturated carbocycles. The number of benzene rings is 1. The van der Waals surface area contributed by atoms with Gasteiger partial charge in [-0.05, 0) is 30.7 Å². The van der Waals surface area contributed by atoms with Gasteiger partial charge in [-0.1, -0.05) is 25.0 Å². The molecule has 0 fully saturated rings. The van der Waals surface area contributed by atoms with E-state index in [1.807, 2.05) is 28.9 Å². The van der Waals surface area contributed by atoms with Crippen molar-refractivity contribution in [1.82, 2.24) is 15.0 Å². The molecule has 0 spiro atoms. The van der Waals surface area contributed by atoms with Crippen LogP contribution in [0.3, 0.4) is 0 Å². The van der Waals surface area contributed by atoms with E-state index in [0.29, 0.717) is 5.69 Å². The van der Waals surface area contributed by atoms with Gasteiger partial charge in [0.1, 0.15) is 11.4 Å². The number of hydrogen-bond acceptors (Lipinski definition) is 4. The second-order valence-electron chi connectivity index (χ2n) is 4.70. The molecule has 108 valence electrons. The fourth-order valence-corrected chi connectivity index (χ4v) is 2.19. The molecule has 0 radical (unpaired) electrons. The van der Waals surface area contributed by atoms with Crippen LogP contribution < -0.4 is 4.74 Å². The molecule has 0 aliphatic rings. The van der Waals surface area contributed by atoms with Crippen molar-refractivity contribution in [2.45, 2.75) is 39.3 Å². The van der Waals surface area contributed by atoms with Gasteiger partial charge in [-0.2, -0.15) is 0 Å². The first-order valence-electron chi connectivity index (χ1n) is 6.97. The van der Waals surface area contributed by atoms with Crippen LogP contribution in [0.4, 0.5) is 0 Å². The van der Waals surface area contributed by atoms with Gasteiger partial charge in [0.05, 0.1) is 19.4 Å². The summed E-state index contributed by atoms with van der Waals surface area (Å²) in [5.74, 6) is 0.810. The highest BCUT2D eigenvalue weighted by Gasteiger charge is 2.14. The fraction of sp³-hybridized carbons (Fsp3) is 0.467. The zero-order valence-electron chi connectivity index (χ0n) is 12.0. The molecule has 0 aliphatic heterocycles. The van der Waals surface area contributed by atoms with Crippen LogP contribution in [-0.4, -0.2) is 27.2 Å². The van der Waals surface area contributed by atoms with Crippen LogP contribution in [0.15, 0.2) is 24.3 Å². The third kappa shape index (κ3) is 3.17. The first kappa shape index (κ1) is 14.5. The molecule has 1 N–H and O–H groups in total. The van der Waals surface area contributed by atoms with E-state index in [-0.39, 0.29) is 6.61 Å². The summed E-state index contributed by atoms with van der Waals surface area (Å²) in [5, 5.41) is 17.6. The highest BCUT2D eigenvalue weighted by atomic mass is 16.5. The highest BCUT2D eigenvalue weighted by Crippen LogP contribution is 2.25. The van der Waals surface area contributed by atoms with Crippen molar-refractivity contribution < 1.29 is 9.84 Å². The summed E-state index contributed by atoms with van der Waals surface area (Å²) in [5.41, 5.74) is 2.51. The van der Waals surface area contributed by atoms with E-state index in [2.05, 4.69) is 17.2 Å². The van der Waals surface area contributed by atoms with E-state index >= 15 is 0 Å². The maximum atomic E-state index is 9.42. The van der Waals surface area contributed by atoms with E-state index in [4.69, 9.17) is 4.74 Å². The number of ether oxygens (including phenoxy) is 1. The Kier molecular flexibility index (Phi) is 5.12. The lowest BCUT2D eigenvalue weighted by atomic mass is 10.1. The van der Waals surface area contributed by atoms with Crippen LogP contribution in [0, 0.1) is 0 Å². The number of rotatable bonds is 7. The molecule has 2 rings (SSSR count). The van der Waals surface area contributed by atoms with Crippen molar-refractivity contribution in [3.8, 4) is 17.0 Å². The van der Waals surface area contributed by atoms with E-state index in [9.17, 15) is 5.11 Å². The Morgan fingerprint density at radius 1 is 1.20 bits per heavy atom. The Bertz CT molecular complexity index is 535. The summed E-state index contributed by atoms with van der Waals surface area (Å²) in [7, 11) is 1.64. The predicted octanol–water partition coefficient (Wildman–Crippen LogP) is 2.64. The second-order valence-corrected chi connectivity index (χ2v) is 4.70. The van der Waals surface area contributed by atoms with Crippen molar-refractivity contribution >= 4 is 0 Å². The molecular formula is C15H21N3O2. The Morgan fingerprint density at radius 2 is 1.95 bits per heavy atom. The number of aliphatic hydroxyl groups excluding tert-OH is 1. The van der Waals surface area contributed by atoms with Crippen molar-refractivity contribution in [1.29, 1.82) is 0 Å². The topological polar surface area (TPSA) is 60.2 Å². The molecule has 0 aliphatic carbocycles. The first-order chi connectivity index (χ1) is 9.80. The number of aryl methyl sites for hydroxylation is 1. The monoisotopic (exact) mass is 275 g/mol. The molecule has 0 amide bonds. The molecule has 5 heteroatoms. The van der Waals surface area contributed by atoms with Gasteiger partial charge >= 0.3 is 0 Å². The lowest BCUT2D eigenvalue weighted by Gasteiger charge is -2.08. The van der Waals surface area contributed by atoms with Crippen LogP contribution in [0.5, 0.6) is 5.75 Å². The third-order valence-electron chi connectivity index (χ3n) is 3.29. The SMILES string of the molecule is CCCCCn1nnc(CO)c1-c1ccc(OC)cc1. The number of aliphatic hydroxyl groups is 1. The van der Waals surface area contributed by atoms with Crippen LogP contribution >= 0.6 is 0 Å². The minimum absolute atomic E-state index is 0.102. The summed E-state index contributed by atoms with van der Waals surface area (Å²) < 4.78 is 7.04. The van der Waals surface area contributed by atoms with E-state index in [1.54, 1.807) is 7.11 Å². The van der Waals surface area contributed by atoms with Crippen LogP contribution in [-0.2, 0) is 13.2 Å². The van der Waals surface area contributed by atoms with E-state index in [1.165, 1.54) is 6.42 Å². The van der Waals surface area contributed by atoms with Gasteiger partial charge in [-0.15, -0.1) is 5.10 Å². The number of hydrogen-bond donors (Lipinski definition) is 1. The standard InChI is InChI=1S/C15H21N3O2/c1-3-4-5-10-18-15(14(11-19)16-17-18)12-6-8-13(20-2)9-7-12/h6-9,19H,3-5,10-11H2,1-2H3. The van der Waals surface area contributed by atoms with E-state index < -0.39 is 0 Å². The van der Waals surface area contributed by atoms with Crippen molar-refractivity contribution in [2.24, 2.45) is 0 Å². The zero-order chi connectivity index (χ0) is 14.4. The first-order valence-corrected chi connectivity index (χ1v) is 6.97. The second kappa shape index (κ2) is 7.05. The maximum Gasteiger partial charge on any atom is 0.118 e. The average molecular weight is 275 g/mol. The zero-order valence-corrected chi connectivity index (χ0v) is 12.0. The molecule has 1 heterocycles. The number of nitrogens with zero attached hydrogens (tertiary/aromatic N) is 3. The molecule has 5 nitrogen and oxygen atoms in total. The summed E-state index contributed by atoms with van der Waals surface area (Å²) in [6.45, 7) is 2.89. The summed E-state index contributed by atoms with van der Waals surface area (Å²) in [6.07, 6.45) is 3.39. The maximum absolute atomic E-state index is 9.42. The molecule has 1 aromatic heterocycles. The minimum Gasteiger partial charge on any atom is -0.497 e. The van der Waals surface area contributed by atoms with Crippen molar-refractivity contribution in [2.75, 3.05) is 7.11 Å². The highest BCUT2D eigenvalue weighted by molar-refractivity contribution is 5.62. The molecule has 0 bridgehead atoms. The number of aromatic nitrogens is 3. The Labute approximate surface area is 119 Å². The summed E-state index contributed by atoms with van der Waals surface area (Å²) >= 11 is 0. The van der Waals surface area contributed by atoms with Gasteiger partial charge in [0.15, 0.2) is 0 Å². The Hall–Kier alpha value is -1.88. The Morgan fingerprint density at radius 3 is 2.55 bits per heavy atom. The molecule has 0 unspecified atom stereocenters. The number of unbranched alkanes of at least 4 members (excludes halogenated alkanes) is 2. The van der Waals surface area contributed by atoms with Gasteiger partial charge in [0, 0.05) is 12.1 Å². The van der Waals surface area contributed by atoms with Gasteiger partial charge in [-0.3, -0.25) is 0 Å². The molecule has 0 saturated heterocycles. The minimum atomic E-state index is -0.102.